The topological polar surface area (TPSA) is 52.6 Å². The standard InChI is InChI=1S/C13H23BrO4S/c1-12(2,10-18-11-5-3-4-8-17-11)19(15,16)13(9-14)6-7-13/h11H,3-10H2,1-2H3. The molecule has 0 aromatic rings. The molecule has 19 heavy (non-hydrogen) atoms. The van der Waals surface area contributed by atoms with Gasteiger partial charge in [-0.15, -0.1) is 0 Å². The van der Waals surface area contributed by atoms with E-state index in [4.69, 9.17) is 9.47 Å². The molecular weight excluding hydrogens is 332 g/mol. The van der Waals surface area contributed by atoms with Crippen molar-refractivity contribution in [3.8, 4) is 0 Å². The van der Waals surface area contributed by atoms with Crippen LogP contribution in [0.25, 0.3) is 0 Å². The maximum atomic E-state index is 12.7. The van der Waals surface area contributed by atoms with E-state index in [1.807, 2.05) is 0 Å². The van der Waals surface area contributed by atoms with Crippen molar-refractivity contribution in [1.82, 2.24) is 0 Å². The highest BCUT2D eigenvalue weighted by Crippen LogP contribution is 2.49. The molecule has 1 aliphatic heterocycles. The third-order valence-electron chi connectivity index (χ3n) is 4.10. The van der Waals surface area contributed by atoms with Crippen LogP contribution in [0.1, 0.15) is 46.0 Å². The number of rotatable bonds is 6. The first-order valence-electron chi connectivity index (χ1n) is 6.88. The van der Waals surface area contributed by atoms with Gasteiger partial charge in [0.2, 0.25) is 0 Å². The van der Waals surface area contributed by atoms with Gasteiger partial charge in [-0.05, 0) is 46.0 Å². The van der Waals surface area contributed by atoms with Gasteiger partial charge in [0.15, 0.2) is 16.1 Å². The largest absolute Gasteiger partial charge is 0.353 e. The van der Waals surface area contributed by atoms with E-state index in [1.165, 1.54) is 0 Å². The van der Waals surface area contributed by atoms with Gasteiger partial charge in [0.05, 0.1) is 16.1 Å². The molecule has 2 fully saturated rings. The summed E-state index contributed by atoms with van der Waals surface area (Å²) in [7, 11) is -3.21. The van der Waals surface area contributed by atoms with Crippen LogP contribution >= 0.6 is 15.9 Å². The summed E-state index contributed by atoms with van der Waals surface area (Å²) >= 11 is 3.34. The van der Waals surface area contributed by atoms with Gasteiger partial charge in [0.1, 0.15) is 0 Å². The molecule has 1 unspecified atom stereocenters. The lowest BCUT2D eigenvalue weighted by atomic mass is 10.2. The van der Waals surface area contributed by atoms with Crippen molar-refractivity contribution >= 4 is 25.8 Å². The second-order valence-electron chi connectivity index (χ2n) is 6.19. The molecule has 2 aliphatic rings. The number of halogens is 1. The summed E-state index contributed by atoms with van der Waals surface area (Å²) in [6.45, 7) is 4.43. The molecule has 0 bridgehead atoms. The average molecular weight is 355 g/mol. The first-order chi connectivity index (χ1) is 8.85. The van der Waals surface area contributed by atoms with Crippen LogP contribution in [0.5, 0.6) is 0 Å². The number of ether oxygens (including phenoxy) is 2. The van der Waals surface area contributed by atoms with Crippen molar-refractivity contribution in [2.75, 3.05) is 18.5 Å². The minimum atomic E-state index is -3.21. The van der Waals surface area contributed by atoms with Crippen LogP contribution in [-0.2, 0) is 19.3 Å². The fourth-order valence-electron chi connectivity index (χ4n) is 2.41. The van der Waals surface area contributed by atoms with E-state index in [2.05, 4.69) is 15.9 Å². The molecule has 0 N–H and O–H groups in total. The molecular formula is C13H23BrO4S. The van der Waals surface area contributed by atoms with E-state index in [0.29, 0.717) is 11.9 Å². The second kappa shape index (κ2) is 5.62. The Morgan fingerprint density at radius 1 is 1.37 bits per heavy atom. The van der Waals surface area contributed by atoms with Gasteiger partial charge in [-0.25, -0.2) is 8.42 Å². The second-order valence-corrected chi connectivity index (χ2v) is 9.73. The minimum absolute atomic E-state index is 0.203. The lowest BCUT2D eigenvalue weighted by Gasteiger charge is -2.32. The quantitative estimate of drug-likeness (QED) is 0.688. The van der Waals surface area contributed by atoms with E-state index < -0.39 is 19.3 Å². The molecule has 1 heterocycles. The normalized spacial score (nSPS) is 27.2. The van der Waals surface area contributed by atoms with Crippen molar-refractivity contribution in [2.24, 2.45) is 0 Å². The number of hydrogen-bond donors (Lipinski definition) is 0. The molecule has 1 saturated carbocycles. The van der Waals surface area contributed by atoms with E-state index >= 15 is 0 Å². The Labute approximate surface area is 124 Å². The molecule has 0 amide bonds. The molecule has 2 rings (SSSR count). The Morgan fingerprint density at radius 2 is 2.05 bits per heavy atom. The molecule has 0 aromatic heterocycles. The third kappa shape index (κ3) is 3.01. The average Bonchev–Trinajstić information content (AvgIpc) is 3.19. The SMILES string of the molecule is CC(C)(COC1CCCCO1)S(=O)(=O)C1(CBr)CC1. The highest BCUT2D eigenvalue weighted by molar-refractivity contribution is 9.09. The van der Waals surface area contributed by atoms with Crippen LogP contribution in [0.15, 0.2) is 0 Å². The summed E-state index contributed by atoms with van der Waals surface area (Å²) in [6, 6.07) is 0. The van der Waals surface area contributed by atoms with Crippen molar-refractivity contribution in [1.29, 1.82) is 0 Å². The number of hydrogen-bond acceptors (Lipinski definition) is 4. The van der Waals surface area contributed by atoms with Gasteiger partial charge < -0.3 is 9.47 Å². The first kappa shape index (κ1) is 15.7. The molecule has 1 saturated heterocycles. The highest BCUT2D eigenvalue weighted by Gasteiger charge is 2.59. The lowest BCUT2D eigenvalue weighted by Crippen LogP contribution is -2.46. The fourth-order valence-corrected chi connectivity index (χ4v) is 6.06. The van der Waals surface area contributed by atoms with Crippen LogP contribution < -0.4 is 0 Å². The summed E-state index contributed by atoms with van der Waals surface area (Å²) < 4.78 is 35.1. The Balaban J connectivity index is 1.97. The molecule has 1 atom stereocenters. The Kier molecular flexibility index (Phi) is 4.65. The maximum absolute atomic E-state index is 12.7. The van der Waals surface area contributed by atoms with Gasteiger partial charge in [0.25, 0.3) is 0 Å². The third-order valence-corrected chi connectivity index (χ3v) is 8.81. The molecule has 1 aliphatic carbocycles. The van der Waals surface area contributed by atoms with Crippen LogP contribution in [0, 0.1) is 0 Å². The Hall–Kier alpha value is 0.350. The zero-order chi connectivity index (χ0) is 14.1. The van der Waals surface area contributed by atoms with E-state index in [-0.39, 0.29) is 12.9 Å². The van der Waals surface area contributed by atoms with Crippen LogP contribution in [0.2, 0.25) is 0 Å². The highest BCUT2D eigenvalue weighted by atomic mass is 79.9. The molecule has 0 radical (unpaired) electrons. The predicted octanol–water partition coefficient (Wildman–Crippen LogP) is 2.65. The number of alkyl halides is 1. The van der Waals surface area contributed by atoms with Gasteiger partial charge in [-0.3, -0.25) is 0 Å². The van der Waals surface area contributed by atoms with E-state index in [1.54, 1.807) is 13.8 Å². The smallest absolute Gasteiger partial charge is 0.164 e. The molecule has 112 valence electrons. The van der Waals surface area contributed by atoms with Gasteiger partial charge >= 0.3 is 0 Å². The summed E-state index contributed by atoms with van der Waals surface area (Å²) in [6.07, 6.45) is 4.28. The molecule has 0 spiro atoms. The van der Waals surface area contributed by atoms with E-state index in [0.717, 1.165) is 32.1 Å². The molecule has 6 heteroatoms. The van der Waals surface area contributed by atoms with Crippen molar-refractivity contribution < 1.29 is 17.9 Å². The van der Waals surface area contributed by atoms with Crippen LogP contribution in [0.4, 0.5) is 0 Å². The van der Waals surface area contributed by atoms with Crippen molar-refractivity contribution in [3.05, 3.63) is 0 Å². The van der Waals surface area contributed by atoms with E-state index in [9.17, 15) is 8.42 Å². The summed E-state index contributed by atoms with van der Waals surface area (Å²) in [5.74, 6) is 0. The predicted molar refractivity (Wildman–Crippen MR) is 78.3 cm³/mol. The monoisotopic (exact) mass is 354 g/mol. The zero-order valence-corrected chi connectivity index (χ0v) is 14.1. The Morgan fingerprint density at radius 3 is 2.53 bits per heavy atom. The summed E-state index contributed by atoms with van der Waals surface area (Å²) in [4.78, 5) is 0. The van der Waals surface area contributed by atoms with Gasteiger partial charge in [-0.2, -0.15) is 0 Å². The lowest BCUT2D eigenvalue weighted by molar-refractivity contribution is -0.165. The van der Waals surface area contributed by atoms with Gasteiger partial charge in [-0.1, -0.05) is 15.9 Å². The zero-order valence-electron chi connectivity index (χ0n) is 11.7. The first-order valence-corrected chi connectivity index (χ1v) is 9.48. The van der Waals surface area contributed by atoms with Crippen molar-refractivity contribution in [3.63, 3.8) is 0 Å². The summed E-state index contributed by atoms with van der Waals surface area (Å²) in [5, 5.41) is 0.520. The Bertz CT molecular complexity index is 408. The molecule has 0 aromatic carbocycles. The minimum Gasteiger partial charge on any atom is -0.353 e. The fraction of sp³-hybridized carbons (Fsp3) is 1.00. The van der Waals surface area contributed by atoms with Crippen LogP contribution in [-0.4, -0.2) is 42.7 Å². The number of sulfone groups is 1. The molecule has 4 nitrogen and oxygen atoms in total. The van der Waals surface area contributed by atoms with Crippen LogP contribution in [0.3, 0.4) is 0 Å². The summed E-state index contributed by atoms with van der Waals surface area (Å²) in [5.41, 5.74) is 0. The van der Waals surface area contributed by atoms with Crippen molar-refractivity contribution in [2.45, 2.75) is 61.7 Å². The maximum Gasteiger partial charge on any atom is 0.164 e. The van der Waals surface area contributed by atoms with Gasteiger partial charge in [0, 0.05) is 11.9 Å².